The zero-order chi connectivity index (χ0) is 15.4. The molecule has 3 aromatic rings. The molecule has 0 saturated carbocycles. The number of ether oxygens (including phenoxy) is 2. The van der Waals surface area contributed by atoms with Crippen LogP contribution in [0.1, 0.15) is 16.1 Å². The Morgan fingerprint density at radius 2 is 2.00 bits per heavy atom. The second kappa shape index (κ2) is 6.72. The number of rotatable bonds is 5. The Balaban J connectivity index is 1.61. The number of carbonyl (C=O) groups is 1. The Kier molecular flexibility index (Phi) is 4.50. The van der Waals surface area contributed by atoms with Gasteiger partial charge in [0.2, 0.25) is 0 Å². The molecule has 0 fully saturated rings. The molecule has 0 spiro atoms. The monoisotopic (exact) mass is 331 g/mol. The molecule has 6 heteroatoms. The van der Waals surface area contributed by atoms with E-state index in [0.717, 1.165) is 16.3 Å². The van der Waals surface area contributed by atoms with Crippen LogP contribution in [0.15, 0.2) is 46.5 Å². The number of methoxy groups -OCH3 is 1. The zero-order valence-electron chi connectivity index (χ0n) is 11.8. The van der Waals surface area contributed by atoms with Crippen LogP contribution < -0.4 is 4.74 Å². The quantitative estimate of drug-likeness (QED) is 0.656. The van der Waals surface area contributed by atoms with Crippen molar-refractivity contribution >= 4 is 28.6 Å². The van der Waals surface area contributed by atoms with E-state index >= 15 is 0 Å². The van der Waals surface area contributed by atoms with E-state index in [9.17, 15) is 4.79 Å². The highest BCUT2D eigenvalue weighted by molar-refractivity contribution is 7.14. The molecule has 0 aliphatic carbocycles. The standard InChI is InChI=1S/C16H13NO3S2/c1-19-14-4-2-11(3-5-14)16(18)20-8-13-10-22-15(17-13)12-6-7-21-9-12/h2-7,9-10H,8H2,1H3. The van der Waals surface area contributed by atoms with E-state index in [0.29, 0.717) is 11.3 Å². The van der Waals surface area contributed by atoms with Gasteiger partial charge in [-0.15, -0.1) is 11.3 Å². The molecular formula is C16H13NO3S2. The molecule has 2 heterocycles. The van der Waals surface area contributed by atoms with Crippen LogP contribution in [0.4, 0.5) is 0 Å². The summed E-state index contributed by atoms with van der Waals surface area (Å²) in [6.07, 6.45) is 0. The minimum absolute atomic E-state index is 0.172. The van der Waals surface area contributed by atoms with Crippen LogP contribution >= 0.6 is 22.7 Å². The number of esters is 1. The molecule has 0 atom stereocenters. The van der Waals surface area contributed by atoms with E-state index in [2.05, 4.69) is 4.98 Å². The average Bonchev–Trinajstić information content (AvgIpc) is 3.23. The summed E-state index contributed by atoms with van der Waals surface area (Å²) in [5.41, 5.74) is 2.35. The van der Waals surface area contributed by atoms with Crippen LogP contribution in [0.2, 0.25) is 0 Å². The van der Waals surface area contributed by atoms with Gasteiger partial charge in [-0.2, -0.15) is 11.3 Å². The Morgan fingerprint density at radius 1 is 1.18 bits per heavy atom. The lowest BCUT2D eigenvalue weighted by Crippen LogP contribution is -2.05. The summed E-state index contributed by atoms with van der Waals surface area (Å²) in [5, 5.41) is 6.91. The van der Waals surface area contributed by atoms with Crippen molar-refractivity contribution in [3.8, 4) is 16.3 Å². The first kappa shape index (κ1) is 14.7. The fourth-order valence-electron chi connectivity index (χ4n) is 1.84. The minimum Gasteiger partial charge on any atom is -0.497 e. The molecule has 3 rings (SSSR count). The minimum atomic E-state index is -0.368. The second-order valence-electron chi connectivity index (χ2n) is 4.46. The first-order valence-electron chi connectivity index (χ1n) is 6.54. The van der Waals surface area contributed by atoms with Gasteiger partial charge in [-0.1, -0.05) is 0 Å². The maximum Gasteiger partial charge on any atom is 0.338 e. The van der Waals surface area contributed by atoms with Gasteiger partial charge in [0.05, 0.1) is 18.4 Å². The lowest BCUT2D eigenvalue weighted by molar-refractivity contribution is 0.0468. The fraction of sp³-hybridized carbons (Fsp3) is 0.125. The normalized spacial score (nSPS) is 10.4. The van der Waals surface area contributed by atoms with Crippen LogP contribution in [0, 0.1) is 0 Å². The number of thiazole rings is 1. The summed E-state index contributed by atoms with van der Waals surface area (Å²) < 4.78 is 10.3. The third-order valence-electron chi connectivity index (χ3n) is 3.00. The van der Waals surface area contributed by atoms with Gasteiger partial charge >= 0.3 is 5.97 Å². The van der Waals surface area contributed by atoms with Crippen molar-refractivity contribution in [2.75, 3.05) is 7.11 Å². The summed E-state index contributed by atoms with van der Waals surface area (Å²) in [6, 6.07) is 8.84. The summed E-state index contributed by atoms with van der Waals surface area (Å²) in [6.45, 7) is 0.172. The van der Waals surface area contributed by atoms with E-state index in [-0.39, 0.29) is 12.6 Å². The van der Waals surface area contributed by atoms with E-state index < -0.39 is 0 Å². The first-order chi connectivity index (χ1) is 10.8. The molecule has 2 aromatic heterocycles. The third kappa shape index (κ3) is 3.35. The van der Waals surface area contributed by atoms with Crippen molar-refractivity contribution < 1.29 is 14.3 Å². The topological polar surface area (TPSA) is 48.4 Å². The maximum absolute atomic E-state index is 12.0. The number of benzene rings is 1. The predicted octanol–water partition coefficient (Wildman–Crippen LogP) is 4.24. The van der Waals surface area contributed by atoms with Crippen molar-refractivity contribution in [1.82, 2.24) is 4.98 Å². The zero-order valence-corrected chi connectivity index (χ0v) is 13.4. The molecule has 112 valence electrons. The molecule has 0 aliphatic heterocycles. The molecule has 1 aromatic carbocycles. The highest BCUT2D eigenvalue weighted by atomic mass is 32.1. The number of hydrogen-bond acceptors (Lipinski definition) is 6. The van der Waals surface area contributed by atoms with Crippen LogP contribution in [-0.2, 0) is 11.3 Å². The maximum atomic E-state index is 12.0. The molecule has 0 bridgehead atoms. The molecule has 4 nitrogen and oxygen atoms in total. The van der Waals surface area contributed by atoms with Crippen LogP contribution in [0.25, 0.3) is 10.6 Å². The van der Waals surface area contributed by atoms with Gasteiger partial charge in [0.25, 0.3) is 0 Å². The Hall–Kier alpha value is -2.18. The third-order valence-corrected chi connectivity index (χ3v) is 4.62. The number of aromatic nitrogens is 1. The summed E-state index contributed by atoms with van der Waals surface area (Å²) in [4.78, 5) is 16.4. The molecule has 0 saturated heterocycles. The van der Waals surface area contributed by atoms with Crippen LogP contribution in [0.5, 0.6) is 5.75 Å². The van der Waals surface area contributed by atoms with E-state index in [1.54, 1.807) is 54.0 Å². The van der Waals surface area contributed by atoms with Crippen molar-refractivity contribution in [2.24, 2.45) is 0 Å². The van der Waals surface area contributed by atoms with Gasteiger partial charge in [0, 0.05) is 16.3 Å². The molecule has 0 radical (unpaired) electrons. The van der Waals surface area contributed by atoms with Gasteiger partial charge < -0.3 is 9.47 Å². The Labute approximate surface area is 136 Å². The van der Waals surface area contributed by atoms with Crippen molar-refractivity contribution in [3.63, 3.8) is 0 Å². The van der Waals surface area contributed by atoms with Gasteiger partial charge in [-0.25, -0.2) is 9.78 Å². The fourth-order valence-corrected chi connectivity index (χ4v) is 3.36. The molecule has 0 N–H and O–H groups in total. The van der Waals surface area contributed by atoms with Crippen molar-refractivity contribution in [2.45, 2.75) is 6.61 Å². The lowest BCUT2D eigenvalue weighted by atomic mass is 10.2. The SMILES string of the molecule is COc1ccc(C(=O)OCc2csc(-c3ccsc3)n2)cc1. The van der Waals surface area contributed by atoms with Gasteiger partial charge in [-0.05, 0) is 35.7 Å². The number of thiophene rings is 1. The predicted molar refractivity (Wildman–Crippen MR) is 87.5 cm³/mol. The smallest absolute Gasteiger partial charge is 0.338 e. The Morgan fingerprint density at radius 3 is 2.68 bits per heavy atom. The van der Waals surface area contributed by atoms with Crippen molar-refractivity contribution in [3.05, 3.63) is 57.7 Å². The lowest BCUT2D eigenvalue weighted by Gasteiger charge is -2.04. The molecule has 0 amide bonds. The van der Waals surface area contributed by atoms with Gasteiger partial charge in [0.1, 0.15) is 17.4 Å². The van der Waals surface area contributed by atoms with Crippen LogP contribution in [0.3, 0.4) is 0 Å². The Bertz CT molecular complexity index is 748. The second-order valence-corrected chi connectivity index (χ2v) is 6.10. The summed E-state index contributed by atoms with van der Waals surface area (Å²) in [7, 11) is 1.58. The van der Waals surface area contributed by atoms with Crippen LogP contribution in [-0.4, -0.2) is 18.1 Å². The highest BCUT2D eigenvalue weighted by Gasteiger charge is 2.10. The van der Waals surface area contributed by atoms with E-state index in [4.69, 9.17) is 9.47 Å². The van der Waals surface area contributed by atoms with Gasteiger partial charge in [-0.3, -0.25) is 0 Å². The average molecular weight is 331 g/mol. The number of hydrogen-bond donors (Lipinski definition) is 0. The molecule has 0 aliphatic rings. The summed E-state index contributed by atoms with van der Waals surface area (Å²) >= 11 is 3.18. The van der Waals surface area contributed by atoms with Crippen molar-refractivity contribution in [1.29, 1.82) is 0 Å². The van der Waals surface area contributed by atoms with E-state index in [1.165, 1.54) is 0 Å². The summed E-state index contributed by atoms with van der Waals surface area (Å²) in [5.74, 6) is 0.337. The molecule has 22 heavy (non-hydrogen) atoms. The first-order valence-corrected chi connectivity index (χ1v) is 8.36. The number of nitrogens with zero attached hydrogens (tertiary/aromatic N) is 1. The van der Waals surface area contributed by atoms with E-state index in [1.807, 2.05) is 22.2 Å². The number of carbonyl (C=O) groups excluding carboxylic acids is 1. The molecular weight excluding hydrogens is 318 g/mol. The molecule has 0 unspecified atom stereocenters. The largest absolute Gasteiger partial charge is 0.497 e. The van der Waals surface area contributed by atoms with Gasteiger partial charge in [0.15, 0.2) is 0 Å². The highest BCUT2D eigenvalue weighted by Crippen LogP contribution is 2.26.